The lowest BCUT2D eigenvalue weighted by Crippen LogP contribution is -2.44. The van der Waals surface area contributed by atoms with Crippen LogP contribution in [0.3, 0.4) is 0 Å². The smallest absolute Gasteiger partial charge is 0.317 e. The Bertz CT molecular complexity index is 460. The number of urea groups is 1. The van der Waals surface area contributed by atoms with Crippen LogP contribution in [-0.4, -0.2) is 53.7 Å². The Morgan fingerprint density at radius 3 is 3.05 bits per heavy atom. The summed E-state index contributed by atoms with van der Waals surface area (Å²) in [5.41, 5.74) is 0.773. The van der Waals surface area contributed by atoms with Gasteiger partial charge in [0.2, 0.25) is 0 Å². The van der Waals surface area contributed by atoms with Gasteiger partial charge in [0.25, 0.3) is 0 Å². The standard InChI is InChI=1S/C15H26N4O2/c1-12-6-4-5-8-19(12)9-7-16-15(20)18(3)11-14-10-13(2)21-17-14/h10,12H,4-9,11H2,1-3H3,(H,16,20). The van der Waals surface area contributed by atoms with Crippen LogP contribution in [0, 0.1) is 6.92 Å². The molecule has 2 heterocycles. The predicted molar refractivity (Wildman–Crippen MR) is 81.0 cm³/mol. The van der Waals surface area contributed by atoms with E-state index in [9.17, 15) is 4.79 Å². The Morgan fingerprint density at radius 2 is 2.38 bits per heavy atom. The maximum atomic E-state index is 12.0. The number of rotatable bonds is 5. The van der Waals surface area contributed by atoms with Crippen molar-refractivity contribution in [1.82, 2.24) is 20.3 Å². The number of hydrogen-bond donors (Lipinski definition) is 1. The van der Waals surface area contributed by atoms with E-state index in [0.29, 0.717) is 19.1 Å². The number of hydrogen-bond acceptors (Lipinski definition) is 4. The predicted octanol–water partition coefficient (Wildman–Crippen LogP) is 2.00. The fourth-order valence-electron chi connectivity index (χ4n) is 2.74. The van der Waals surface area contributed by atoms with E-state index in [1.165, 1.54) is 19.3 Å². The lowest BCUT2D eigenvalue weighted by Gasteiger charge is -2.33. The first-order valence-electron chi connectivity index (χ1n) is 7.71. The van der Waals surface area contributed by atoms with Crippen molar-refractivity contribution in [1.29, 1.82) is 0 Å². The molecule has 0 aromatic carbocycles. The molecule has 1 aromatic rings. The average molecular weight is 294 g/mol. The maximum Gasteiger partial charge on any atom is 0.317 e. The van der Waals surface area contributed by atoms with Gasteiger partial charge in [0.1, 0.15) is 11.5 Å². The minimum Gasteiger partial charge on any atom is -0.361 e. The Balaban J connectivity index is 1.68. The SMILES string of the molecule is Cc1cc(CN(C)C(=O)NCCN2CCCCC2C)no1. The highest BCUT2D eigenvalue weighted by molar-refractivity contribution is 5.73. The minimum absolute atomic E-state index is 0.0692. The molecule has 2 rings (SSSR count). The van der Waals surface area contributed by atoms with Crippen LogP contribution < -0.4 is 5.32 Å². The highest BCUT2D eigenvalue weighted by Gasteiger charge is 2.18. The number of amides is 2. The van der Waals surface area contributed by atoms with E-state index in [4.69, 9.17) is 4.52 Å². The zero-order valence-electron chi connectivity index (χ0n) is 13.3. The van der Waals surface area contributed by atoms with Crippen molar-refractivity contribution in [2.45, 2.75) is 45.7 Å². The van der Waals surface area contributed by atoms with Crippen molar-refractivity contribution in [2.24, 2.45) is 0 Å². The summed E-state index contributed by atoms with van der Waals surface area (Å²) in [6.45, 7) is 7.32. The van der Waals surface area contributed by atoms with Crippen LogP contribution in [0.2, 0.25) is 0 Å². The van der Waals surface area contributed by atoms with Gasteiger partial charge < -0.3 is 14.7 Å². The third kappa shape index (κ3) is 4.74. The van der Waals surface area contributed by atoms with Gasteiger partial charge in [-0.15, -0.1) is 0 Å². The second-order valence-electron chi connectivity index (χ2n) is 5.90. The molecule has 1 aliphatic rings. The highest BCUT2D eigenvalue weighted by Crippen LogP contribution is 2.15. The van der Waals surface area contributed by atoms with Gasteiger partial charge in [-0.1, -0.05) is 11.6 Å². The van der Waals surface area contributed by atoms with Crippen LogP contribution in [0.5, 0.6) is 0 Å². The number of carbonyl (C=O) groups is 1. The molecule has 0 spiro atoms. The number of piperidine rings is 1. The number of aromatic nitrogens is 1. The molecule has 1 unspecified atom stereocenters. The van der Waals surface area contributed by atoms with Crippen LogP contribution >= 0.6 is 0 Å². The summed E-state index contributed by atoms with van der Waals surface area (Å²) < 4.78 is 5.00. The van der Waals surface area contributed by atoms with Gasteiger partial charge in [0.15, 0.2) is 0 Å². The average Bonchev–Trinajstić information content (AvgIpc) is 2.86. The molecule has 2 amide bonds. The number of aryl methyl sites for hydroxylation is 1. The molecule has 0 bridgehead atoms. The van der Waals surface area contributed by atoms with E-state index in [1.54, 1.807) is 11.9 Å². The first kappa shape index (κ1) is 15.8. The summed E-state index contributed by atoms with van der Waals surface area (Å²) in [5.74, 6) is 0.762. The van der Waals surface area contributed by atoms with Gasteiger partial charge in [-0.3, -0.25) is 4.90 Å². The van der Waals surface area contributed by atoms with E-state index in [0.717, 1.165) is 24.5 Å². The number of nitrogens with one attached hydrogen (secondary N) is 1. The van der Waals surface area contributed by atoms with E-state index in [2.05, 4.69) is 22.3 Å². The molecular weight excluding hydrogens is 268 g/mol. The molecule has 6 nitrogen and oxygen atoms in total. The lowest BCUT2D eigenvalue weighted by atomic mass is 10.0. The van der Waals surface area contributed by atoms with Crippen LogP contribution in [-0.2, 0) is 6.54 Å². The summed E-state index contributed by atoms with van der Waals surface area (Å²) in [7, 11) is 1.77. The molecule has 0 aliphatic carbocycles. The zero-order chi connectivity index (χ0) is 15.2. The van der Waals surface area contributed by atoms with Crippen molar-refractivity contribution >= 4 is 6.03 Å². The van der Waals surface area contributed by atoms with Gasteiger partial charge in [-0.25, -0.2) is 4.79 Å². The quantitative estimate of drug-likeness (QED) is 0.902. The van der Waals surface area contributed by atoms with Crippen molar-refractivity contribution in [3.63, 3.8) is 0 Å². The number of nitrogens with zero attached hydrogens (tertiary/aromatic N) is 3. The molecule has 0 radical (unpaired) electrons. The Labute approximate surface area is 126 Å². The van der Waals surface area contributed by atoms with Crippen LogP contribution in [0.25, 0.3) is 0 Å². The summed E-state index contributed by atoms with van der Waals surface area (Å²) in [4.78, 5) is 16.1. The summed E-state index contributed by atoms with van der Waals surface area (Å²) in [6.07, 6.45) is 3.85. The molecule has 1 fully saturated rings. The molecule has 1 N–H and O–H groups in total. The van der Waals surface area contributed by atoms with Gasteiger partial charge in [0, 0.05) is 32.2 Å². The number of likely N-dealkylation sites (tertiary alicyclic amines) is 1. The van der Waals surface area contributed by atoms with Crippen LogP contribution in [0.15, 0.2) is 10.6 Å². The molecule has 1 atom stereocenters. The van der Waals surface area contributed by atoms with Crippen LogP contribution in [0.1, 0.15) is 37.6 Å². The van der Waals surface area contributed by atoms with Crippen molar-refractivity contribution in [3.05, 3.63) is 17.5 Å². The Kier molecular flexibility index (Phi) is 5.61. The van der Waals surface area contributed by atoms with E-state index >= 15 is 0 Å². The summed E-state index contributed by atoms with van der Waals surface area (Å²) in [5, 5.41) is 6.86. The van der Waals surface area contributed by atoms with Gasteiger partial charge >= 0.3 is 6.03 Å². The molecule has 6 heteroatoms. The Morgan fingerprint density at radius 1 is 1.57 bits per heavy atom. The first-order valence-corrected chi connectivity index (χ1v) is 7.71. The minimum atomic E-state index is -0.0692. The molecule has 1 saturated heterocycles. The summed E-state index contributed by atoms with van der Waals surface area (Å²) in [6, 6.07) is 2.41. The lowest BCUT2D eigenvalue weighted by molar-refractivity contribution is 0.159. The maximum absolute atomic E-state index is 12.0. The molecule has 118 valence electrons. The van der Waals surface area contributed by atoms with Gasteiger partial charge in [0.05, 0.1) is 6.54 Å². The van der Waals surface area contributed by atoms with E-state index in [1.807, 2.05) is 13.0 Å². The fourth-order valence-corrected chi connectivity index (χ4v) is 2.74. The van der Waals surface area contributed by atoms with E-state index in [-0.39, 0.29) is 6.03 Å². The molecule has 0 saturated carbocycles. The second-order valence-corrected chi connectivity index (χ2v) is 5.90. The fraction of sp³-hybridized carbons (Fsp3) is 0.733. The van der Waals surface area contributed by atoms with E-state index < -0.39 is 0 Å². The second kappa shape index (κ2) is 7.45. The summed E-state index contributed by atoms with van der Waals surface area (Å²) >= 11 is 0. The highest BCUT2D eigenvalue weighted by atomic mass is 16.5. The zero-order valence-corrected chi connectivity index (χ0v) is 13.3. The topological polar surface area (TPSA) is 61.6 Å². The molecule has 1 aliphatic heterocycles. The monoisotopic (exact) mass is 294 g/mol. The first-order chi connectivity index (χ1) is 10.1. The number of carbonyl (C=O) groups excluding carboxylic acids is 1. The normalized spacial score (nSPS) is 19.5. The molecule has 21 heavy (non-hydrogen) atoms. The Hall–Kier alpha value is -1.56. The molecule has 1 aromatic heterocycles. The van der Waals surface area contributed by atoms with Crippen molar-refractivity contribution in [3.8, 4) is 0 Å². The van der Waals surface area contributed by atoms with Crippen molar-refractivity contribution in [2.75, 3.05) is 26.7 Å². The largest absolute Gasteiger partial charge is 0.361 e. The third-order valence-corrected chi connectivity index (χ3v) is 4.04. The molecular formula is C15H26N4O2. The van der Waals surface area contributed by atoms with Crippen molar-refractivity contribution < 1.29 is 9.32 Å². The van der Waals surface area contributed by atoms with Gasteiger partial charge in [-0.2, -0.15) is 0 Å². The van der Waals surface area contributed by atoms with Crippen LogP contribution in [0.4, 0.5) is 4.79 Å². The third-order valence-electron chi connectivity index (χ3n) is 4.04. The van der Waals surface area contributed by atoms with Gasteiger partial charge in [-0.05, 0) is 33.2 Å².